The van der Waals surface area contributed by atoms with Crippen LogP contribution in [0.25, 0.3) is 0 Å². The molecule has 1 aliphatic carbocycles. The molecule has 1 saturated carbocycles. The molecular formula is C32H53NO9S. The maximum atomic E-state index is 13.2. The van der Waals surface area contributed by atoms with Gasteiger partial charge in [0.05, 0.1) is 25.1 Å². The summed E-state index contributed by atoms with van der Waals surface area (Å²) in [5, 5.41) is 0. The van der Waals surface area contributed by atoms with Gasteiger partial charge in [0, 0.05) is 31.5 Å². The molecule has 10 nitrogen and oxygen atoms in total. The number of carbonyl (C=O) groups is 2. The van der Waals surface area contributed by atoms with Crippen LogP contribution in [0.5, 0.6) is 0 Å². The Kier molecular flexibility index (Phi) is 16.2. The number of nitrogens with one attached hydrogen (secondary N) is 1. The number of ketones is 1. The smallest absolute Gasteiger partial charge is 0.420 e. The van der Waals surface area contributed by atoms with E-state index in [-0.39, 0.29) is 49.0 Å². The van der Waals surface area contributed by atoms with Crippen molar-refractivity contribution in [3.8, 4) is 0 Å². The SMILES string of the molecule is CCCCC[C@@H](C=C[C@H]1[C@H](OC2CCCCO2)CC(=O)[C@@H]1CC=CCCCCOC(=O)NS(C)(=O)=O)OC1CCCCO1. The molecule has 0 aromatic rings. The lowest BCUT2D eigenvalue weighted by Gasteiger charge is -2.29. The van der Waals surface area contributed by atoms with Gasteiger partial charge in [0.15, 0.2) is 12.6 Å². The maximum Gasteiger partial charge on any atom is 0.420 e. The van der Waals surface area contributed by atoms with E-state index in [1.54, 1.807) is 4.72 Å². The van der Waals surface area contributed by atoms with Crippen molar-refractivity contribution in [3.63, 3.8) is 0 Å². The normalized spacial score (nSPS) is 27.6. The molecule has 0 aromatic carbocycles. The van der Waals surface area contributed by atoms with E-state index in [9.17, 15) is 18.0 Å². The van der Waals surface area contributed by atoms with Gasteiger partial charge >= 0.3 is 6.09 Å². The Bertz CT molecular complexity index is 987. The number of carbonyl (C=O) groups excluding carboxylic acids is 2. The molecule has 3 fully saturated rings. The van der Waals surface area contributed by atoms with Crippen molar-refractivity contribution in [3.05, 3.63) is 24.3 Å². The van der Waals surface area contributed by atoms with Gasteiger partial charge in [-0.25, -0.2) is 17.9 Å². The lowest BCUT2D eigenvalue weighted by molar-refractivity contribution is -0.192. The summed E-state index contributed by atoms with van der Waals surface area (Å²) >= 11 is 0. The van der Waals surface area contributed by atoms with E-state index < -0.39 is 16.1 Å². The summed E-state index contributed by atoms with van der Waals surface area (Å²) in [7, 11) is -3.63. The van der Waals surface area contributed by atoms with Gasteiger partial charge in [-0.2, -0.15) is 0 Å². The zero-order valence-corrected chi connectivity index (χ0v) is 26.9. The van der Waals surface area contributed by atoms with E-state index in [0.717, 1.165) is 89.9 Å². The zero-order chi connectivity index (χ0) is 30.9. The molecule has 2 saturated heterocycles. The van der Waals surface area contributed by atoms with Crippen LogP contribution in [-0.4, -0.2) is 71.2 Å². The average Bonchev–Trinajstić information content (AvgIpc) is 3.26. The average molecular weight is 628 g/mol. The first-order valence-corrected chi connectivity index (χ1v) is 18.2. The Morgan fingerprint density at radius 1 is 1.02 bits per heavy atom. The first-order chi connectivity index (χ1) is 20.7. The molecular weight excluding hydrogens is 574 g/mol. The van der Waals surface area contributed by atoms with E-state index in [4.69, 9.17) is 23.7 Å². The molecule has 2 unspecified atom stereocenters. The molecule has 0 aromatic heterocycles. The number of allylic oxidation sites excluding steroid dienone is 2. The molecule has 2 aliphatic heterocycles. The van der Waals surface area contributed by atoms with Gasteiger partial charge in [-0.1, -0.05) is 50.5 Å². The minimum absolute atomic E-state index is 0.0603. The molecule has 1 N–H and O–H groups in total. The lowest BCUT2D eigenvalue weighted by Crippen LogP contribution is -2.31. The van der Waals surface area contributed by atoms with Gasteiger partial charge in [-0.3, -0.25) is 4.79 Å². The minimum atomic E-state index is -3.63. The molecule has 1 amide bonds. The van der Waals surface area contributed by atoms with E-state index in [0.29, 0.717) is 25.9 Å². The van der Waals surface area contributed by atoms with Crippen molar-refractivity contribution in [1.29, 1.82) is 0 Å². The number of hydrogen-bond donors (Lipinski definition) is 1. The van der Waals surface area contributed by atoms with Crippen LogP contribution in [0.4, 0.5) is 4.79 Å². The predicted molar refractivity (Wildman–Crippen MR) is 164 cm³/mol. The molecule has 3 rings (SSSR count). The third-order valence-corrected chi connectivity index (χ3v) is 8.64. The fourth-order valence-electron chi connectivity index (χ4n) is 5.80. The number of ether oxygens (including phenoxy) is 5. The van der Waals surface area contributed by atoms with Gasteiger partial charge in [0.2, 0.25) is 10.0 Å². The first kappa shape index (κ1) is 35.7. The van der Waals surface area contributed by atoms with Crippen molar-refractivity contribution >= 4 is 21.9 Å². The summed E-state index contributed by atoms with van der Waals surface area (Å²) in [4.78, 5) is 24.7. The molecule has 43 heavy (non-hydrogen) atoms. The summed E-state index contributed by atoms with van der Waals surface area (Å²) in [6.07, 6.45) is 21.2. The van der Waals surface area contributed by atoms with Crippen LogP contribution in [-0.2, 0) is 38.5 Å². The van der Waals surface area contributed by atoms with Crippen LogP contribution in [0, 0.1) is 11.8 Å². The van der Waals surface area contributed by atoms with E-state index in [1.807, 2.05) is 0 Å². The van der Waals surface area contributed by atoms with Crippen LogP contribution < -0.4 is 4.72 Å². The summed E-state index contributed by atoms with van der Waals surface area (Å²) in [5.41, 5.74) is 0. The topological polar surface area (TPSA) is 126 Å². The Balaban J connectivity index is 1.57. The fourth-order valence-corrected chi connectivity index (χ4v) is 6.16. The highest BCUT2D eigenvalue weighted by molar-refractivity contribution is 7.89. The second-order valence-electron chi connectivity index (χ2n) is 11.9. The zero-order valence-electron chi connectivity index (χ0n) is 26.1. The molecule has 0 bridgehead atoms. The third kappa shape index (κ3) is 14.2. The molecule has 6 atom stereocenters. The summed E-state index contributed by atoms with van der Waals surface area (Å²) < 4.78 is 53.3. The monoisotopic (exact) mass is 627 g/mol. The fraction of sp³-hybridized carbons (Fsp3) is 0.812. The van der Waals surface area contributed by atoms with Crippen molar-refractivity contribution in [1.82, 2.24) is 4.72 Å². The highest BCUT2D eigenvalue weighted by Gasteiger charge is 2.42. The first-order valence-electron chi connectivity index (χ1n) is 16.3. The van der Waals surface area contributed by atoms with E-state index in [1.165, 1.54) is 0 Å². The van der Waals surface area contributed by atoms with Crippen LogP contribution in [0.1, 0.15) is 103 Å². The van der Waals surface area contributed by atoms with Gasteiger partial charge in [-0.05, 0) is 70.6 Å². The Morgan fingerprint density at radius 2 is 1.77 bits per heavy atom. The molecule has 0 radical (unpaired) electrons. The highest BCUT2D eigenvalue weighted by Crippen LogP contribution is 2.37. The maximum absolute atomic E-state index is 13.2. The lowest BCUT2D eigenvalue weighted by atomic mass is 9.90. The van der Waals surface area contributed by atoms with Gasteiger partial charge in [0.1, 0.15) is 5.78 Å². The second-order valence-corrected chi connectivity index (χ2v) is 13.6. The van der Waals surface area contributed by atoms with Gasteiger partial charge < -0.3 is 23.7 Å². The van der Waals surface area contributed by atoms with Crippen LogP contribution in [0.15, 0.2) is 24.3 Å². The van der Waals surface area contributed by atoms with Crippen molar-refractivity contribution in [2.45, 2.75) is 128 Å². The largest absolute Gasteiger partial charge is 0.449 e. The van der Waals surface area contributed by atoms with Crippen molar-refractivity contribution in [2.24, 2.45) is 11.8 Å². The van der Waals surface area contributed by atoms with Gasteiger partial charge in [-0.15, -0.1) is 0 Å². The number of sulfonamides is 1. The molecule has 11 heteroatoms. The van der Waals surface area contributed by atoms with Crippen LogP contribution in [0.3, 0.4) is 0 Å². The van der Waals surface area contributed by atoms with Gasteiger partial charge in [0.25, 0.3) is 0 Å². The number of amides is 1. The number of hydrogen-bond acceptors (Lipinski definition) is 9. The second kappa shape index (κ2) is 19.6. The highest BCUT2D eigenvalue weighted by atomic mass is 32.2. The molecule has 3 aliphatic rings. The van der Waals surface area contributed by atoms with Crippen molar-refractivity contribution < 1.29 is 41.7 Å². The molecule has 2 heterocycles. The summed E-state index contributed by atoms with van der Waals surface area (Å²) in [6.45, 7) is 3.77. The Labute approximate surface area is 258 Å². The Hall–Kier alpha value is -1.79. The summed E-state index contributed by atoms with van der Waals surface area (Å²) in [5.74, 6) is -0.0234. The van der Waals surface area contributed by atoms with Crippen LogP contribution in [0.2, 0.25) is 0 Å². The van der Waals surface area contributed by atoms with Crippen molar-refractivity contribution in [2.75, 3.05) is 26.1 Å². The Morgan fingerprint density at radius 3 is 2.44 bits per heavy atom. The summed E-state index contributed by atoms with van der Waals surface area (Å²) in [6, 6.07) is 0. The number of unbranched alkanes of at least 4 members (excludes halogenated alkanes) is 4. The number of rotatable bonds is 18. The third-order valence-electron chi connectivity index (χ3n) is 8.10. The predicted octanol–water partition coefficient (Wildman–Crippen LogP) is 5.95. The minimum Gasteiger partial charge on any atom is -0.449 e. The van der Waals surface area contributed by atoms with E-state index in [2.05, 4.69) is 31.2 Å². The molecule has 0 spiro atoms. The standard InChI is InChI=1S/C32H53NO9S/c1-3-4-8-15-25(41-30-17-10-13-21-38-30)19-20-27-26(28(34)24-29(27)42-31-18-11-14-22-39-31)16-9-6-5-7-12-23-40-32(35)33-43(2,36)37/h6,9,19-20,25-27,29-31H,3-5,7-8,10-18,21-24H2,1-2H3,(H,33,35)/t25-,26+,27+,29+,30?,31?/m0/s1. The molecule has 246 valence electrons. The van der Waals surface area contributed by atoms with E-state index >= 15 is 0 Å². The van der Waals surface area contributed by atoms with Crippen LogP contribution >= 0.6 is 0 Å². The quantitative estimate of drug-likeness (QED) is 0.145. The number of Topliss-reactive ketones (excluding diaryl/α,β-unsaturated/α-hetero) is 1.